The van der Waals surface area contributed by atoms with E-state index in [0.717, 1.165) is 5.56 Å². The van der Waals surface area contributed by atoms with Crippen molar-refractivity contribution < 1.29 is 8.42 Å². The Balaban J connectivity index is 2.89. The smallest absolute Gasteiger partial charge is 0.175 e. The van der Waals surface area contributed by atoms with Gasteiger partial charge in [-0.2, -0.15) is 0 Å². The van der Waals surface area contributed by atoms with Crippen molar-refractivity contribution in [1.82, 2.24) is 0 Å². The van der Waals surface area contributed by atoms with Crippen molar-refractivity contribution in [2.75, 3.05) is 6.26 Å². The average Bonchev–Trinajstić information content (AvgIpc) is 2.14. The Morgan fingerprint density at radius 3 is 2.67 bits per heavy atom. The third-order valence-electron chi connectivity index (χ3n) is 1.99. The predicted octanol–water partition coefficient (Wildman–Crippen LogP) is 1.31. The monoisotopic (exact) mass is 243 g/mol. The molecule has 15 heavy (non-hydrogen) atoms. The van der Waals surface area contributed by atoms with Gasteiger partial charge in [0.15, 0.2) is 9.84 Å². The number of sulfone groups is 1. The van der Waals surface area contributed by atoms with Crippen LogP contribution in [-0.2, 0) is 16.3 Å². The molecule has 1 aromatic rings. The maximum atomic E-state index is 11.3. The second kappa shape index (κ2) is 4.72. The van der Waals surface area contributed by atoms with Crippen LogP contribution < -0.4 is 5.73 Å². The van der Waals surface area contributed by atoms with E-state index in [-0.39, 0.29) is 0 Å². The lowest BCUT2D eigenvalue weighted by atomic mass is 10.1. The van der Waals surface area contributed by atoms with Gasteiger partial charge in [0, 0.05) is 12.7 Å². The minimum absolute atomic E-state index is 0.336. The molecule has 0 atom stereocenters. The summed E-state index contributed by atoms with van der Waals surface area (Å²) in [6, 6.07) is 6.84. The van der Waals surface area contributed by atoms with E-state index in [1.807, 2.05) is 6.07 Å². The van der Waals surface area contributed by atoms with Crippen LogP contribution in [0.15, 0.2) is 29.2 Å². The van der Waals surface area contributed by atoms with Crippen molar-refractivity contribution in [1.29, 1.82) is 0 Å². The molecule has 2 N–H and O–H groups in total. The molecule has 0 saturated heterocycles. The highest BCUT2D eigenvalue weighted by Gasteiger charge is 2.06. The van der Waals surface area contributed by atoms with E-state index in [0.29, 0.717) is 22.7 Å². The third kappa shape index (κ3) is 3.97. The van der Waals surface area contributed by atoms with Crippen LogP contribution in [0.1, 0.15) is 12.0 Å². The molecular formula is C10H13NO2S2. The van der Waals surface area contributed by atoms with Crippen molar-refractivity contribution in [2.24, 2.45) is 5.73 Å². The highest BCUT2D eigenvalue weighted by molar-refractivity contribution is 7.90. The van der Waals surface area contributed by atoms with Crippen LogP contribution in [0.2, 0.25) is 0 Å². The zero-order valence-corrected chi connectivity index (χ0v) is 10.1. The largest absolute Gasteiger partial charge is 0.393 e. The van der Waals surface area contributed by atoms with Crippen LogP contribution in [0.25, 0.3) is 0 Å². The minimum Gasteiger partial charge on any atom is -0.393 e. The van der Waals surface area contributed by atoms with Gasteiger partial charge >= 0.3 is 0 Å². The molecule has 0 spiro atoms. The van der Waals surface area contributed by atoms with Gasteiger partial charge in [0.05, 0.1) is 9.88 Å². The van der Waals surface area contributed by atoms with Gasteiger partial charge in [-0.05, 0) is 24.1 Å². The number of nitrogens with two attached hydrogens (primary N) is 1. The first-order valence-electron chi connectivity index (χ1n) is 4.47. The van der Waals surface area contributed by atoms with E-state index in [2.05, 4.69) is 0 Å². The Labute approximate surface area is 95.2 Å². The highest BCUT2D eigenvalue weighted by atomic mass is 32.2. The van der Waals surface area contributed by atoms with Crippen molar-refractivity contribution in [3.8, 4) is 0 Å². The number of benzene rings is 1. The Bertz CT molecular complexity index is 466. The standard InChI is InChI=1S/C10H13NO2S2/c1-15(12,13)9-4-2-3-8(7-9)5-6-10(11)14/h2-4,7H,5-6H2,1H3,(H2,11,14). The van der Waals surface area contributed by atoms with Crippen LogP contribution in [0, 0.1) is 0 Å². The quantitative estimate of drug-likeness (QED) is 0.810. The first kappa shape index (κ1) is 12.1. The van der Waals surface area contributed by atoms with E-state index in [1.165, 1.54) is 6.26 Å². The molecule has 0 aromatic heterocycles. The SMILES string of the molecule is CS(=O)(=O)c1cccc(CCC(N)=S)c1. The predicted molar refractivity (Wildman–Crippen MR) is 64.7 cm³/mol. The van der Waals surface area contributed by atoms with Crippen LogP contribution in [-0.4, -0.2) is 19.7 Å². The van der Waals surface area contributed by atoms with Gasteiger partial charge in [-0.25, -0.2) is 8.42 Å². The summed E-state index contributed by atoms with van der Waals surface area (Å²) in [6.45, 7) is 0. The number of hydrogen-bond donors (Lipinski definition) is 1. The summed E-state index contributed by atoms with van der Waals surface area (Å²) >= 11 is 4.76. The first-order chi connectivity index (χ1) is 6.89. The number of rotatable bonds is 4. The summed E-state index contributed by atoms with van der Waals surface area (Å²) in [5.41, 5.74) is 6.31. The molecule has 3 nitrogen and oxygen atoms in total. The van der Waals surface area contributed by atoms with Crippen LogP contribution >= 0.6 is 12.2 Å². The van der Waals surface area contributed by atoms with Gasteiger partial charge in [0.1, 0.15) is 0 Å². The lowest BCUT2D eigenvalue weighted by Crippen LogP contribution is -2.08. The zero-order chi connectivity index (χ0) is 11.5. The first-order valence-corrected chi connectivity index (χ1v) is 6.77. The van der Waals surface area contributed by atoms with Gasteiger partial charge in [-0.15, -0.1) is 0 Å². The third-order valence-corrected chi connectivity index (χ3v) is 3.30. The Morgan fingerprint density at radius 1 is 1.47 bits per heavy atom. The molecule has 1 rings (SSSR count). The van der Waals surface area contributed by atoms with Crippen molar-refractivity contribution in [3.05, 3.63) is 29.8 Å². The molecule has 82 valence electrons. The molecule has 5 heteroatoms. The molecule has 0 radical (unpaired) electrons. The maximum absolute atomic E-state index is 11.3. The summed E-state index contributed by atoms with van der Waals surface area (Å²) in [7, 11) is -3.13. The molecule has 0 aliphatic rings. The number of aryl methyl sites for hydroxylation is 1. The Kier molecular flexibility index (Phi) is 3.82. The van der Waals surface area contributed by atoms with Gasteiger partial charge < -0.3 is 5.73 Å². The summed E-state index contributed by atoms with van der Waals surface area (Å²) in [5, 5.41) is 0. The van der Waals surface area contributed by atoms with Crippen molar-refractivity contribution in [2.45, 2.75) is 17.7 Å². The molecule has 0 amide bonds. The van der Waals surface area contributed by atoms with Gasteiger partial charge in [-0.1, -0.05) is 24.4 Å². The molecule has 0 heterocycles. The Morgan fingerprint density at radius 2 is 2.13 bits per heavy atom. The van der Waals surface area contributed by atoms with Crippen molar-refractivity contribution >= 4 is 27.0 Å². The van der Waals surface area contributed by atoms with Crippen LogP contribution in [0.5, 0.6) is 0 Å². The zero-order valence-electron chi connectivity index (χ0n) is 8.43. The van der Waals surface area contributed by atoms with E-state index < -0.39 is 9.84 Å². The van der Waals surface area contributed by atoms with Gasteiger partial charge in [0.2, 0.25) is 0 Å². The summed E-state index contributed by atoms with van der Waals surface area (Å²) in [5.74, 6) is 0. The maximum Gasteiger partial charge on any atom is 0.175 e. The van der Waals surface area contributed by atoms with E-state index in [4.69, 9.17) is 18.0 Å². The Hall–Kier alpha value is -0.940. The summed E-state index contributed by atoms with van der Waals surface area (Å²) in [6.07, 6.45) is 2.47. The van der Waals surface area contributed by atoms with Gasteiger partial charge in [0.25, 0.3) is 0 Å². The highest BCUT2D eigenvalue weighted by Crippen LogP contribution is 2.12. The topological polar surface area (TPSA) is 60.2 Å². The summed E-state index contributed by atoms with van der Waals surface area (Å²) < 4.78 is 22.5. The molecule has 0 unspecified atom stereocenters. The number of hydrogen-bond acceptors (Lipinski definition) is 3. The fraction of sp³-hybridized carbons (Fsp3) is 0.300. The molecule has 0 bridgehead atoms. The van der Waals surface area contributed by atoms with Gasteiger partial charge in [-0.3, -0.25) is 0 Å². The average molecular weight is 243 g/mol. The summed E-state index contributed by atoms with van der Waals surface area (Å²) in [4.78, 5) is 0.780. The molecule has 1 aromatic carbocycles. The normalized spacial score (nSPS) is 11.3. The fourth-order valence-corrected chi connectivity index (χ4v) is 1.99. The van der Waals surface area contributed by atoms with E-state index in [1.54, 1.807) is 18.2 Å². The van der Waals surface area contributed by atoms with E-state index in [9.17, 15) is 8.42 Å². The number of thiocarbonyl (C=S) groups is 1. The van der Waals surface area contributed by atoms with Crippen LogP contribution in [0.3, 0.4) is 0 Å². The molecular weight excluding hydrogens is 230 g/mol. The molecule has 0 saturated carbocycles. The second-order valence-corrected chi connectivity index (χ2v) is 5.93. The lowest BCUT2D eigenvalue weighted by Gasteiger charge is -2.03. The molecule has 0 aliphatic heterocycles. The molecule has 0 aliphatic carbocycles. The minimum atomic E-state index is -3.13. The van der Waals surface area contributed by atoms with Crippen molar-refractivity contribution in [3.63, 3.8) is 0 Å². The fourth-order valence-electron chi connectivity index (χ4n) is 1.20. The molecule has 0 fully saturated rings. The second-order valence-electron chi connectivity index (χ2n) is 3.39. The van der Waals surface area contributed by atoms with E-state index >= 15 is 0 Å². The lowest BCUT2D eigenvalue weighted by molar-refractivity contribution is 0.601. The van der Waals surface area contributed by atoms with Crippen LogP contribution in [0.4, 0.5) is 0 Å².